The van der Waals surface area contributed by atoms with Crippen molar-refractivity contribution in [3.63, 3.8) is 0 Å². The van der Waals surface area contributed by atoms with E-state index in [1.165, 1.54) is 0 Å². The lowest BCUT2D eigenvalue weighted by molar-refractivity contribution is 0.414. The molecule has 0 saturated carbocycles. The van der Waals surface area contributed by atoms with Crippen LogP contribution < -0.4 is 14.4 Å². The quantitative estimate of drug-likeness (QED) is 0.839. The predicted molar refractivity (Wildman–Crippen MR) is 79.1 cm³/mol. The van der Waals surface area contributed by atoms with E-state index in [4.69, 9.17) is 21.1 Å². The maximum Gasteiger partial charge on any atom is 0.142 e. The van der Waals surface area contributed by atoms with Crippen LogP contribution >= 0.6 is 11.6 Å². The fraction of sp³-hybridized carbons (Fsp3) is 0.200. The number of hydrogen-bond donors (Lipinski definition) is 0. The van der Waals surface area contributed by atoms with Crippen molar-refractivity contribution in [1.82, 2.24) is 0 Å². The monoisotopic (exact) mass is 277 g/mol. The lowest BCUT2D eigenvalue weighted by Gasteiger charge is -2.22. The number of methoxy groups -OCH3 is 2. The van der Waals surface area contributed by atoms with Gasteiger partial charge in [-0.05, 0) is 42.5 Å². The van der Waals surface area contributed by atoms with E-state index in [1.807, 2.05) is 54.4 Å². The second-order valence-electron chi connectivity index (χ2n) is 4.07. The maximum atomic E-state index is 6.05. The first kappa shape index (κ1) is 13.6. The molecule has 0 aromatic heterocycles. The van der Waals surface area contributed by atoms with Crippen LogP contribution in [-0.4, -0.2) is 21.3 Å². The van der Waals surface area contributed by atoms with E-state index in [0.29, 0.717) is 5.02 Å². The van der Waals surface area contributed by atoms with Crippen molar-refractivity contribution in [2.24, 2.45) is 0 Å². The lowest BCUT2D eigenvalue weighted by Crippen LogP contribution is -2.10. The fourth-order valence-corrected chi connectivity index (χ4v) is 2.04. The first-order valence-corrected chi connectivity index (χ1v) is 6.25. The third kappa shape index (κ3) is 2.93. The van der Waals surface area contributed by atoms with Crippen LogP contribution in [-0.2, 0) is 0 Å². The van der Waals surface area contributed by atoms with Gasteiger partial charge in [0.15, 0.2) is 0 Å². The minimum absolute atomic E-state index is 0.677. The summed E-state index contributed by atoms with van der Waals surface area (Å²) in [4.78, 5) is 2.02. The number of hydrogen-bond acceptors (Lipinski definition) is 3. The van der Waals surface area contributed by atoms with Crippen LogP contribution in [0, 0.1) is 0 Å². The third-order valence-electron chi connectivity index (χ3n) is 2.96. The highest BCUT2D eigenvalue weighted by Crippen LogP contribution is 2.35. The van der Waals surface area contributed by atoms with Gasteiger partial charge in [0.05, 0.1) is 19.9 Å². The molecule has 0 fully saturated rings. The van der Waals surface area contributed by atoms with E-state index in [2.05, 4.69) is 0 Å². The summed E-state index contributed by atoms with van der Waals surface area (Å²) in [7, 11) is 5.27. The Labute approximate surface area is 118 Å². The number of anilines is 2. The SMILES string of the molecule is COc1ccc(N(C)c2cc(Cl)ccc2OC)cc1. The number of halogens is 1. The van der Waals surface area contributed by atoms with Crippen LogP contribution in [0.15, 0.2) is 42.5 Å². The molecule has 3 nitrogen and oxygen atoms in total. The van der Waals surface area contributed by atoms with E-state index < -0.39 is 0 Å². The van der Waals surface area contributed by atoms with Gasteiger partial charge in [0, 0.05) is 17.8 Å². The molecule has 0 aliphatic heterocycles. The van der Waals surface area contributed by atoms with Gasteiger partial charge in [0.1, 0.15) is 11.5 Å². The second-order valence-corrected chi connectivity index (χ2v) is 4.51. The minimum atomic E-state index is 0.677. The maximum absolute atomic E-state index is 6.05. The lowest BCUT2D eigenvalue weighted by atomic mass is 10.2. The van der Waals surface area contributed by atoms with Gasteiger partial charge in [0.25, 0.3) is 0 Å². The molecule has 0 saturated heterocycles. The van der Waals surface area contributed by atoms with Crippen molar-refractivity contribution in [1.29, 1.82) is 0 Å². The summed E-state index contributed by atoms with van der Waals surface area (Å²) in [6.07, 6.45) is 0. The Kier molecular flexibility index (Phi) is 4.17. The normalized spacial score (nSPS) is 10.1. The van der Waals surface area contributed by atoms with Crippen molar-refractivity contribution in [2.45, 2.75) is 0 Å². The summed E-state index contributed by atoms with van der Waals surface area (Å²) in [5.74, 6) is 1.61. The molecule has 0 spiro atoms. The van der Waals surface area contributed by atoms with Crippen LogP contribution in [0.3, 0.4) is 0 Å². The first-order valence-electron chi connectivity index (χ1n) is 5.87. The fourth-order valence-electron chi connectivity index (χ4n) is 1.87. The number of benzene rings is 2. The summed E-state index contributed by atoms with van der Waals surface area (Å²) in [6.45, 7) is 0. The Hall–Kier alpha value is -1.87. The molecule has 2 aromatic rings. The Morgan fingerprint density at radius 3 is 2.21 bits per heavy atom. The van der Waals surface area contributed by atoms with E-state index in [9.17, 15) is 0 Å². The molecule has 19 heavy (non-hydrogen) atoms. The van der Waals surface area contributed by atoms with E-state index in [0.717, 1.165) is 22.9 Å². The van der Waals surface area contributed by atoms with Crippen LogP contribution in [0.5, 0.6) is 11.5 Å². The van der Waals surface area contributed by atoms with Gasteiger partial charge in [-0.1, -0.05) is 11.6 Å². The molecule has 0 aliphatic carbocycles. The number of ether oxygens (including phenoxy) is 2. The molecule has 0 N–H and O–H groups in total. The van der Waals surface area contributed by atoms with E-state index in [-0.39, 0.29) is 0 Å². The summed E-state index contributed by atoms with van der Waals surface area (Å²) in [6, 6.07) is 13.4. The zero-order chi connectivity index (χ0) is 13.8. The Bertz CT molecular complexity index is 555. The van der Waals surface area contributed by atoms with E-state index in [1.54, 1.807) is 14.2 Å². The summed E-state index contributed by atoms with van der Waals surface area (Å²) >= 11 is 6.05. The largest absolute Gasteiger partial charge is 0.497 e. The Balaban J connectivity index is 2.36. The molecule has 2 aromatic carbocycles. The highest BCUT2D eigenvalue weighted by atomic mass is 35.5. The van der Waals surface area contributed by atoms with Crippen molar-refractivity contribution in [3.8, 4) is 11.5 Å². The smallest absolute Gasteiger partial charge is 0.142 e. The highest BCUT2D eigenvalue weighted by molar-refractivity contribution is 6.31. The summed E-state index contributed by atoms with van der Waals surface area (Å²) in [5.41, 5.74) is 1.95. The molecule has 4 heteroatoms. The standard InChI is InChI=1S/C15H16ClNO2/c1-17(12-5-7-13(18-2)8-6-12)14-10-11(16)4-9-15(14)19-3/h4-10H,1-3H3. The summed E-state index contributed by atoms with van der Waals surface area (Å²) in [5, 5.41) is 0.677. The van der Waals surface area contributed by atoms with Crippen molar-refractivity contribution in [2.75, 3.05) is 26.2 Å². The Morgan fingerprint density at radius 1 is 0.947 bits per heavy atom. The molecule has 0 amide bonds. The molecule has 100 valence electrons. The predicted octanol–water partition coefficient (Wildman–Crippen LogP) is 4.13. The molecule has 2 rings (SSSR count). The first-order chi connectivity index (χ1) is 9.15. The molecule has 0 heterocycles. The van der Waals surface area contributed by atoms with Crippen LogP contribution in [0.25, 0.3) is 0 Å². The third-order valence-corrected chi connectivity index (χ3v) is 3.20. The number of rotatable bonds is 4. The van der Waals surface area contributed by atoms with Gasteiger partial charge in [-0.25, -0.2) is 0 Å². The topological polar surface area (TPSA) is 21.7 Å². The van der Waals surface area contributed by atoms with Gasteiger partial charge < -0.3 is 14.4 Å². The molecule has 0 atom stereocenters. The molecular weight excluding hydrogens is 262 g/mol. The molecule has 0 aliphatic rings. The molecule has 0 radical (unpaired) electrons. The molecule has 0 unspecified atom stereocenters. The number of nitrogens with zero attached hydrogens (tertiary/aromatic N) is 1. The molecule has 0 bridgehead atoms. The van der Waals surface area contributed by atoms with Crippen molar-refractivity contribution >= 4 is 23.0 Å². The van der Waals surface area contributed by atoms with Crippen LogP contribution in [0.4, 0.5) is 11.4 Å². The zero-order valence-corrected chi connectivity index (χ0v) is 11.9. The van der Waals surface area contributed by atoms with Crippen LogP contribution in [0.1, 0.15) is 0 Å². The highest BCUT2D eigenvalue weighted by Gasteiger charge is 2.10. The Morgan fingerprint density at radius 2 is 1.63 bits per heavy atom. The van der Waals surface area contributed by atoms with Gasteiger partial charge in [0.2, 0.25) is 0 Å². The van der Waals surface area contributed by atoms with Gasteiger partial charge in [-0.15, -0.1) is 0 Å². The van der Waals surface area contributed by atoms with Gasteiger partial charge in [-0.3, -0.25) is 0 Å². The van der Waals surface area contributed by atoms with E-state index >= 15 is 0 Å². The molecular formula is C15H16ClNO2. The van der Waals surface area contributed by atoms with Crippen molar-refractivity contribution in [3.05, 3.63) is 47.5 Å². The second kappa shape index (κ2) is 5.85. The van der Waals surface area contributed by atoms with Gasteiger partial charge >= 0.3 is 0 Å². The summed E-state index contributed by atoms with van der Waals surface area (Å²) < 4.78 is 10.5. The average molecular weight is 278 g/mol. The van der Waals surface area contributed by atoms with Crippen molar-refractivity contribution < 1.29 is 9.47 Å². The minimum Gasteiger partial charge on any atom is -0.497 e. The zero-order valence-electron chi connectivity index (χ0n) is 11.2. The average Bonchev–Trinajstić information content (AvgIpc) is 2.46. The van der Waals surface area contributed by atoms with Crippen LogP contribution in [0.2, 0.25) is 5.02 Å². The van der Waals surface area contributed by atoms with Gasteiger partial charge in [-0.2, -0.15) is 0 Å².